The van der Waals surface area contributed by atoms with Gasteiger partial charge in [-0.25, -0.2) is 18.4 Å². The van der Waals surface area contributed by atoms with E-state index in [1.165, 1.54) is 18.6 Å². The summed E-state index contributed by atoms with van der Waals surface area (Å²) in [5.41, 5.74) is 2.66. The number of aryl methyl sites for hydroxylation is 1. The predicted molar refractivity (Wildman–Crippen MR) is 149 cm³/mol. The number of hydrogen-bond donors (Lipinski definition) is 1. The average Bonchev–Trinajstić information content (AvgIpc) is 3.23. The zero-order chi connectivity index (χ0) is 27.3. The number of halogens is 2. The number of para-hydroxylation sites is 1. The van der Waals surface area contributed by atoms with Crippen molar-refractivity contribution in [2.45, 2.75) is 39.0 Å². The fourth-order valence-electron chi connectivity index (χ4n) is 3.42. The van der Waals surface area contributed by atoms with Crippen LogP contribution in [0.3, 0.4) is 0 Å². The Bertz CT molecular complexity index is 1440. The van der Waals surface area contributed by atoms with Crippen molar-refractivity contribution in [3.8, 4) is 17.1 Å². The SMILES string of the molecule is C=NC(=NC=C(C)C)[C@@H](OC)[C@H](C)S(=O)(=O)Nc1nnc(-c2cncc(C)c2)n1-c1c(Cl)cccc1Cl. The van der Waals surface area contributed by atoms with Crippen LogP contribution in [0.1, 0.15) is 26.3 Å². The molecule has 1 aromatic carbocycles. The molecule has 0 saturated carbocycles. The molecule has 196 valence electrons. The van der Waals surface area contributed by atoms with E-state index in [2.05, 4.69) is 36.6 Å². The van der Waals surface area contributed by atoms with Crippen molar-refractivity contribution in [1.82, 2.24) is 19.7 Å². The molecule has 2 atom stereocenters. The molecule has 13 heteroatoms. The second-order valence-corrected chi connectivity index (χ2v) is 11.2. The molecule has 0 aliphatic rings. The van der Waals surface area contributed by atoms with Crippen molar-refractivity contribution in [3.05, 3.63) is 64.0 Å². The molecular formula is C24H27Cl2N7O3S. The van der Waals surface area contributed by atoms with Gasteiger partial charge in [0, 0.05) is 31.3 Å². The van der Waals surface area contributed by atoms with E-state index in [9.17, 15) is 8.42 Å². The van der Waals surface area contributed by atoms with Crippen LogP contribution in [0.25, 0.3) is 17.1 Å². The molecule has 0 saturated heterocycles. The number of anilines is 1. The molecule has 0 radical (unpaired) electrons. The number of benzene rings is 1. The maximum Gasteiger partial charge on any atom is 0.243 e. The summed E-state index contributed by atoms with van der Waals surface area (Å²) in [6.07, 6.45) is 3.81. The van der Waals surface area contributed by atoms with Gasteiger partial charge in [-0.05, 0) is 58.2 Å². The largest absolute Gasteiger partial charge is 0.372 e. The average molecular weight is 564 g/mol. The number of rotatable bonds is 9. The third-order valence-corrected chi connectivity index (χ3v) is 7.54. The summed E-state index contributed by atoms with van der Waals surface area (Å²) in [5, 5.41) is 7.74. The number of methoxy groups -OCH3 is 1. The van der Waals surface area contributed by atoms with Gasteiger partial charge in [0.2, 0.25) is 16.0 Å². The summed E-state index contributed by atoms with van der Waals surface area (Å²) in [7, 11) is -2.77. The highest BCUT2D eigenvalue weighted by Crippen LogP contribution is 2.35. The number of aromatic nitrogens is 4. The molecule has 2 heterocycles. The maximum atomic E-state index is 13.5. The molecule has 0 bridgehead atoms. The van der Waals surface area contributed by atoms with E-state index in [-0.39, 0.29) is 21.8 Å². The second-order valence-electron chi connectivity index (χ2n) is 8.36. The van der Waals surface area contributed by atoms with Gasteiger partial charge in [-0.3, -0.25) is 14.3 Å². The molecule has 0 spiro atoms. The first-order valence-corrected chi connectivity index (χ1v) is 13.3. The van der Waals surface area contributed by atoms with Gasteiger partial charge < -0.3 is 4.74 Å². The van der Waals surface area contributed by atoms with Gasteiger partial charge in [-0.15, -0.1) is 10.2 Å². The number of pyridine rings is 1. The molecular weight excluding hydrogens is 537 g/mol. The van der Waals surface area contributed by atoms with Crippen LogP contribution >= 0.6 is 23.2 Å². The lowest BCUT2D eigenvalue weighted by Crippen LogP contribution is -2.41. The number of hydrogen-bond acceptors (Lipinski definition) is 7. The van der Waals surface area contributed by atoms with Gasteiger partial charge in [0.1, 0.15) is 11.4 Å². The molecule has 0 fully saturated rings. The van der Waals surface area contributed by atoms with Gasteiger partial charge in [0.05, 0.1) is 15.7 Å². The van der Waals surface area contributed by atoms with Crippen LogP contribution in [0, 0.1) is 6.92 Å². The van der Waals surface area contributed by atoms with Gasteiger partial charge in [-0.2, -0.15) is 0 Å². The van der Waals surface area contributed by atoms with Gasteiger partial charge >= 0.3 is 0 Å². The minimum Gasteiger partial charge on any atom is -0.372 e. The van der Waals surface area contributed by atoms with Crippen molar-refractivity contribution in [2.75, 3.05) is 11.8 Å². The number of sulfonamides is 1. The van der Waals surface area contributed by atoms with E-state index in [0.29, 0.717) is 17.1 Å². The summed E-state index contributed by atoms with van der Waals surface area (Å²) in [6.45, 7) is 10.5. The molecule has 1 N–H and O–H groups in total. The van der Waals surface area contributed by atoms with Gasteiger partial charge in [0.15, 0.2) is 11.7 Å². The fraction of sp³-hybridized carbons (Fsp3) is 0.292. The Morgan fingerprint density at radius 2 is 1.89 bits per heavy atom. The molecule has 2 aromatic heterocycles. The molecule has 3 aromatic rings. The molecule has 3 rings (SSSR count). The van der Waals surface area contributed by atoms with E-state index in [1.807, 2.05) is 26.8 Å². The predicted octanol–water partition coefficient (Wildman–Crippen LogP) is 5.11. The third kappa shape index (κ3) is 6.42. The summed E-state index contributed by atoms with van der Waals surface area (Å²) < 4.78 is 36.5. The van der Waals surface area contributed by atoms with Crippen molar-refractivity contribution in [2.24, 2.45) is 9.98 Å². The number of allylic oxidation sites excluding steroid dienone is 1. The smallest absolute Gasteiger partial charge is 0.243 e. The second kappa shape index (κ2) is 12.0. The minimum atomic E-state index is -4.14. The minimum absolute atomic E-state index is 0.115. The Hall–Kier alpha value is -3.12. The Balaban J connectivity index is 2.13. The topological polar surface area (TPSA) is 124 Å². The highest BCUT2D eigenvalue weighted by atomic mass is 35.5. The van der Waals surface area contributed by atoms with E-state index in [4.69, 9.17) is 27.9 Å². The molecule has 10 nitrogen and oxygen atoms in total. The normalized spacial score (nSPS) is 13.6. The highest BCUT2D eigenvalue weighted by molar-refractivity contribution is 7.93. The first-order valence-electron chi connectivity index (χ1n) is 11.0. The highest BCUT2D eigenvalue weighted by Gasteiger charge is 2.35. The Labute approximate surface area is 226 Å². The molecule has 0 unspecified atom stereocenters. The summed E-state index contributed by atoms with van der Waals surface area (Å²) >= 11 is 13.0. The molecule has 37 heavy (non-hydrogen) atoms. The Kier molecular flexibility index (Phi) is 9.19. The van der Waals surface area contributed by atoms with Crippen molar-refractivity contribution < 1.29 is 13.2 Å². The molecule has 0 aliphatic heterocycles. The molecule has 0 aliphatic carbocycles. The van der Waals surface area contributed by atoms with Crippen LogP contribution in [-0.4, -0.2) is 59.2 Å². The van der Waals surface area contributed by atoms with Crippen molar-refractivity contribution in [3.63, 3.8) is 0 Å². The first kappa shape index (κ1) is 28.5. The van der Waals surface area contributed by atoms with Gasteiger partial charge in [0.25, 0.3) is 0 Å². The third-order valence-electron chi connectivity index (χ3n) is 5.23. The van der Waals surface area contributed by atoms with E-state index < -0.39 is 21.4 Å². The standard InChI is InChI=1S/C24H27Cl2N7O3S/c1-14(2)11-29-22(27-5)21(36-6)16(4)37(34,35)32-24-31-30-23(17-10-15(3)12-28-13-17)33(24)20-18(25)8-7-9-19(20)26/h7-13,16,21H,5H2,1-4,6H3,(H,31,32)/t16-,21-/m0/s1. The first-order chi connectivity index (χ1) is 17.5. The fourth-order valence-corrected chi connectivity index (χ4v) is 5.12. The maximum absolute atomic E-state index is 13.5. The zero-order valence-electron chi connectivity index (χ0n) is 21.0. The number of aliphatic imine (C=N–C) groups is 2. The van der Waals surface area contributed by atoms with Crippen LogP contribution in [0.2, 0.25) is 10.0 Å². The lowest BCUT2D eigenvalue weighted by molar-refractivity contribution is 0.154. The van der Waals surface area contributed by atoms with E-state index >= 15 is 0 Å². The Morgan fingerprint density at radius 3 is 2.46 bits per heavy atom. The number of ether oxygens (including phenoxy) is 1. The van der Waals surface area contributed by atoms with Crippen LogP contribution in [-0.2, 0) is 14.8 Å². The van der Waals surface area contributed by atoms with Crippen LogP contribution in [0.4, 0.5) is 5.95 Å². The lowest BCUT2D eigenvalue weighted by atomic mass is 10.2. The van der Waals surface area contributed by atoms with E-state index in [1.54, 1.807) is 36.8 Å². The number of nitrogens with zero attached hydrogens (tertiary/aromatic N) is 6. The van der Waals surface area contributed by atoms with E-state index in [0.717, 1.165) is 11.1 Å². The number of nitrogens with one attached hydrogen (secondary N) is 1. The van der Waals surface area contributed by atoms with Crippen molar-refractivity contribution in [1.29, 1.82) is 0 Å². The lowest BCUT2D eigenvalue weighted by Gasteiger charge is -2.23. The Morgan fingerprint density at radius 1 is 1.22 bits per heavy atom. The van der Waals surface area contributed by atoms with Crippen LogP contribution < -0.4 is 4.72 Å². The monoisotopic (exact) mass is 563 g/mol. The summed E-state index contributed by atoms with van der Waals surface area (Å²) in [4.78, 5) is 12.3. The zero-order valence-corrected chi connectivity index (χ0v) is 23.3. The number of amidine groups is 1. The van der Waals surface area contributed by atoms with Crippen LogP contribution in [0.15, 0.2) is 58.4 Å². The van der Waals surface area contributed by atoms with Crippen LogP contribution in [0.5, 0.6) is 0 Å². The quantitative estimate of drug-likeness (QED) is 0.285. The summed E-state index contributed by atoms with van der Waals surface area (Å²) in [6, 6.07) is 6.77. The molecule has 0 amide bonds. The van der Waals surface area contributed by atoms with Gasteiger partial charge in [-0.1, -0.05) is 34.8 Å². The summed E-state index contributed by atoms with van der Waals surface area (Å²) in [5.74, 6) is 0.282. The van der Waals surface area contributed by atoms with Crippen molar-refractivity contribution >= 4 is 51.7 Å².